The zero-order chi connectivity index (χ0) is 28.3. The van der Waals surface area contributed by atoms with E-state index >= 15 is 0 Å². The SMILES string of the molecule is CC(=O)OCC1OC(Oc2cc(C)cc(O)c2C(=O)CCc2ccc3occc3c2)C(OC(C)=O)C(O)C1F. The molecule has 1 aromatic heterocycles. The Hall–Kier alpha value is -3.96. The molecule has 11 heteroatoms. The molecule has 0 saturated carbocycles. The lowest BCUT2D eigenvalue weighted by Crippen LogP contribution is -2.60. The normalized spacial score (nSPS) is 22.8. The molecule has 208 valence electrons. The maximum absolute atomic E-state index is 14.9. The van der Waals surface area contributed by atoms with Gasteiger partial charge in [-0.3, -0.25) is 14.4 Å². The van der Waals surface area contributed by atoms with Gasteiger partial charge in [0.05, 0.1) is 6.26 Å². The number of Topliss-reactive ketones (excluding diaryl/α,β-unsaturated/α-hetero) is 1. The van der Waals surface area contributed by atoms with Gasteiger partial charge in [0.15, 0.2) is 18.1 Å². The van der Waals surface area contributed by atoms with Crippen LogP contribution in [0.1, 0.15) is 41.8 Å². The highest BCUT2D eigenvalue weighted by atomic mass is 19.1. The molecule has 0 spiro atoms. The Morgan fingerprint density at radius 2 is 1.85 bits per heavy atom. The summed E-state index contributed by atoms with van der Waals surface area (Å²) in [6.45, 7) is 3.31. The third-order valence-corrected chi connectivity index (χ3v) is 6.25. The van der Waals surface area contributed by atoms with Crippen molar-refractivity contribution >= 4 is 28.7 Å². The van der Waals surface area contributed by atoms with Crippen LogP contribution in [0.3, 0.4) is 0 Å². The van der Waals surface area contributed by atoms with E-state index in [1.54, 1.807) is 19.3 Å². The van der Waals surface area contributed by atoms with Crippen LogP contribution in [0.15, 0.2) is 47.1 Å². The summed E-state index contributed by atoms with van der Waals surface area (Å²) in [5.41, 5.74) is 1.98. The number of alkyl halides is 1. The summed E-state index contributed by atoms with van der Waals surface area (Å²) in [4.78, 5) is 36.2. The predicted molar refractivity (Wildman–Crippen MR) is 134 cm³/mol. The van der Waals surface area contributed by atoms with E-state index in [0.29, 0.717) is 12.0 Å². The molecule has 10 nitrogen and oxygen atoms in total. The first-order valence-electron chi connectivity index (χ1n) is 12.3. The summed E-state index contributed by atoms with van der Waals surface area (Å²) in [6, 6.07) is 10.2. The van der Waals surface area contributed by atoms with Crippen molar-refractivity contribution < 1.29 is 52.4 Å². The Balaban J connectivity index is 1.59. The van der Waals surface area contributed by atoms with Gasteiger partial charge in [-0.25, -0.2) is 4.39 Å². The number of furan rings is 1. The van der Waals surface area contributed by atoms with E-state index in [4.69, 9.17) is 23.4 Å². The van der Waals surface area contributed by atoms with Crippen molar-refractivity contribution in [2.75, 3.05) is 6.61 Å². The highest BCUT2D eigenvalue weighted by Gasteiger charge is 2.49. The van der Waals surface area contributed by atoms with Gasteiger partial charge in [-0.1, -0.05) is 6.07 Å². The van der Waals surface area contributed by atoms with Crippen LogP contribution >= 0.6 is 0 Å². The lowest BCUT2D eigenvalue weighted by molar-refractivity contribution is -0.271. The Morgan fingerprint density at radius 1 is 1.08 bits per heavy atom. The summed E-state index contributed by atoms with van der Waals surface area (Å²) < 4.78 is 41.6. The summed E-state index contributed by atoms with van der Waals surface area (Å²) in [5, 5.41) is 22.1. The van der Waals surface area contributed by atoms with Crippen LogP contribution in [0, 0.1) is 6.92 Å². The van der Waals surface area contributed by atoms with E-state index < -0.39 is 55.1 Å². The third kappa shape index (κ3) is 6.55. The largest absolute Gasteiger partial charge is 0.507 e. The second-order valence-electron chi connectivity index (χ2n) is 9.35. The van der Waals surface area contributed by atoms with E-state index in [0.717, 1.165) is 30.4 Å². The fraction of sp³-hybridized carbons (Fsp3) is 0.393. The van der Waals surface area contributed by atoms with E-state index in [1.165, 1.54) is 12.1 Å². The number of carbonyl (C=O) groups is 3. The summed E-state index contributed by atoms with van der Waals surface area (Å²) in [5.74, 6) is -2.43. The number of carbonyl (C=O) groups excluding carboxylic acids is 3. The molecular formula is C28H29FO10. The van der Waals surface area contributed by atoms with Crippen LogP contribution < -0.4 is 4.74 Å². The number of fused-ring (bicyclic) bond motifs is 1. The van der Waals surface area contributed by atoms with E-state index in [1.807, 2.05) is 18.2 Å². The van der Waals surface area contributed by atoms with Crippen molar-refractivity contribution in [3.8, 4) is 11.5 Å². The number of aliphatic hydroxyl groups excluding tert-OH is 1. The topological polar surface area (TPSA) is 142 Å². The summed E-state index contributed by atoms with van der Waals surface area (Å²) >= 11 is 0. The van der Waals surface area contributed by atoms with E-state index in [2.05, 4.69) is 0 Å². The summed E-state index contributed by atoms with van der Waals surface area (Å²) in [6.07, 6.45) is -6.67. The van der Waals surface area contributed by atoms with Crippen LogP contribution in [-0.2, 0) is 30.2 Å². The van der Waals surface area contributed by atoms with Gasteiger partial charge in [0.1, 0.15) is 41.5 Å². The molecule has 0 radical (unpaired) electrons. The standard InChI is InChI=1S/C28H29FO10/c1-14-10-20(33)24(19(32)6-4-17-5-7-21-18(12-17)8-9-35-21)22(11-14)38-28-27(37-16(3)31)26(34)25(29)23(39-28)13-36-15(2)30/h5,7-12,23,25-28,33-34H,4,6,13H2,1-3H3. The highest BCUT2D eigenvalue weighted by Crippen LogP contribution is 2.35. The van der Waals surface area contributed by atoms with Crippen LogP contribution in [0.25, 0.3) is 11.0 Å². The van der Waals surface area contributed by atoms with Crippen molar-refractivity contribution in [3.63, 3.8) is 0 Å². The van der Waals surface area contributed by atoms with Gasteiger partial charge in [0.25, 0.3) is 0 Å². The van der Waals surface area contributed by atoms with Gasteiger partial charge in [0, 0.05) is 25.7 Å². The van der Waals surface area contributed by atoms with Crippen molar-refractivity contribution in [2.24, 2.45) is 0 Å². The average Bonchev–Trinajstić information content (AvgIpc) is 3.33. The number of ether oxygens (including phenoxy) is 4. The molecule has 2 heterocycles. The number of ketones is 1. The second kappa shape index (κ2) is 11.8. The van der Waals surface area contributed by atoms with Crippen LogP contribution in [0.2, 0.25) is 0 Å². The molecule has 2 N–H and O–H groups in total. The minimum atomic E-state index is -2.08. The molecule has 5 unspecified atom stereocenters. The van der Waals surface area contributed by atoms with Gasteiger partial charge in [-0.2, -0.15) is 0 Å². The lowest BCUT2D eigenvalue weighted by atomic mass is 9.98. The Morgan fingerprint density at radius 3 is 2.56 bits per heavy atom. The van der Waals surface area contributed by atoms with Gasteiger partial charge >= 0.3 is 11.9 Å². The first-order valence-corrected chi connectivity index (χ1v) is 12.3. The number of hydrogen-bond acceptors (Lipinski definition) is 10. The van der Waals surface area contributed by atoms with Crippen molar-refractivity contribution in [1.29, 1.82) is 0 Å². The molecule has 1 saturated heterocycles. The molecule has 1 aliphatic rings. The molecular weight excluding hydrogens is 515 g/mol. The minimum absolute atomic E-state index is 0.0134. The third-order valence-electron chi connectivity index (χ3n) is 6.25. The smallest absolute Gasteiger partial charge is 0.303 e. The number of hydrogen-bond donors (Lipinski definition) is 2. The number of halogens is 1. The van der Waals surface area contributed by atoms with Crippen LogP contribution in [-0.4, -0.2) is 65.3 Å². The number of esters is 2. The van der Waals surface area contributed by atoms with Crippen LogP contribution in [0.5, 0.6) is 11.5 Å². The lowest BCUT2D eigenvalue weighted by Gasteiger charge is -2.40. The molecule has 1 fully saturated rings. The van der Waals surface area contributed by atoms with Gasteiger partial charge < -0.3 is 33.6 Å². The quantitative estimate of drug-likeness (QED) is 0.303. The first kappa shape index (κ1) is 28.1. The van der Waals surface area contributed by atoms with E-state index in [-0.39, 0.29) is 23.5 Å². The first-order chi connectivity index (χ1) is 18.5. The van der Waals surface area contributed by atoms with Crippen molar-refractivity contribution in [2.45, 2.75) is 64.4 Å². The summed E-state index contributed by atoms with van der Waals surface area (Å²) in [7, 11) is 0. The molecule has 39 heavy (non-hydrogen) atoms. The van der Waals surface area contributed by atoms with Gasteiger partial charge in [-0.05, 0) is 54.8 Å². The maximum atomic E-state index is 14.9. The molecule has 5 atom stereocenters. The molecule has 0 aliphatic carbocycles. The van der Waals surface area contributed by atoms with Crippen molar-refractivity contribution in [3.05, 3.63) is 59.4 Å². The average molecular weight is 545 g/mol. The molecule has 0 amide bonds. The Labute approximate surface area is 223 Å². The van der Waals surface area contributed by atoms with Gasteiger partial charge in [0.2, 0.25) is 6.29 Å². The highest BCUT2D eigenvalue weighted by molar-refractivity contribution is 6.01. The molecule has 2 aromatic carbocycles. The molecule has 3 aromatic rings. The zero-order valence-electron chi connectivity index (χ0n) is 21.6. The number of phenols is 1. The van der Waals surface area contributed by atoms with Crippen LogP contribution in [0.4, 0.5) is 4.39 Å². The number of phenolic OH excluding ortho intramolecular Hbond substituents is 1. The molecule has 1 aliphatic heterocycles. The van der Waals surface area contributed by atoms with Crippen molar-refractivity contribution in [1.82, 2.24) is 0 Å². The second-order valence-corrected chi connectivity index (χ2v) is 9.35. The minimum Gasteiger partial charge on any atom is -0.507 e. The molecule has 0 bridgehead atoms. The Kier molecular flexibility index (Phi) is 8.51. The number of aromatic hydroxyl groups is 1. The number of aryl methyl sites for hydroxylation is 2. The number of aliphatic hydroxyl groups is 1. The number of benzene rings is 2. The maximum Gasteiger partial charge on any atom is 0.303 e. The molecule has 4 rings (SSSR count). The van der Waals surface area contributed by atoms with E-state index in [9.17, 15) is 29.0 Å². The zero-order valence-corrected chi connectivity index (χ0v) is 21.6. The monoisotopic (exact) mass is 544 g/mol. The number of rotatable bonds is 9. The fourth-order valence-electron chi connectivity index (χ4n) is 4.42. The Bertz CT molecular complexity index is 1360. The fourth-order valence-corrected chi connectivity index (χ4v) is 4.42. The predicted octanol–water partition coefficient (Wildman–Crippen LogP) is 3.56. The van der Waals surface area contributed by atoms with Gasteiger partial charge in [-0.15, -0.1) is 0 Å².